The topological polar surface area (TPSA) is 72.2 Å². The first-order valence-corrected chi connectivity index (χ1v) is 5.05. The lowest BCUT2D eigenvalue weighted by Gasteiger charge is -2.09. The Morgan fingerprint density at radius 1 is 1.37 bits per heavy atom. The maximum absolute atomic E-state index is 13.4. The van der Waals surface area contributed by atoms with Crippen molar-refractivity contribution in [3.63, 3.8) is 0 Å². The van der Waals surface area contributed by atoms with Crippen molar-refractivity contribution in [2.24, 2.45) is 0 Å². The molecule has 0 fully saturated rings. The van der Waals surface area contributed by atoms with E-state index in [4.69, 9.17) is 0 Å². The van der Waals surface area contributed by atoms with Crippen molar-refractivity contribution in [1.29, 1.82) is 0 Å². The highest BCUT2D eigenvalue weighted by Crippen LogP contribution is 2.35. The van der Waals surface area contributed by atoms with E-state index < -0.39 is 44.5 Å². The first-order valence-electron chi connectivity index (χ1n) is 4.25. The van der Waals surface area contributed by atoms with Crippen LogP contribution in [-0.2, 0) is 4.79 Å². The predicted octanol–water partition coefficient (Wildman–Crippen LogP) is 3.14. The normalized spacial score (nSPS) is 11.3. The molecule has 0 spiro atoms. The molecule has 0 saturated heterocycles. The quantitative estimate of drug-likeness (QED) is 0.386. The minimum Gasteiger partial charge on any atom is -0.312 e. The summed E-state index contributed by atoms with van der Waals surface area (Å²) < 4.78 is 61.4. The van der Waals surface area contributed by atoms with Crippen molar-refractivity contribution in [2.75, 3.05) is 5.32 Å². The fourth-order valence-corrected chi connectivity index (χ4v) is 1.35. The van der Waals surface area contributed by atoms with E-state index >= 15 is 0 Å². The van der Waals surface area contributed by atoms with E-state index in [0.29, 0.717) is 0 Å². The first kappa shape index (κ1) is 15.3. The maximum atomic E-state index is 13.4. The molecular weight excluding hydrogens is 347 g/mol. The van der Waals surface area contributed by atoms with Crippen LogP contribution in [0.4, 0.5) is 33.3 Å². The number of amides is 1. The molecule has 1 amide bonds. The van der Waals surface area contributed by atoms with Gasteiger partial charge >= 0.3 is 17.8 Å². The van der Waals surface area contributed by atoms with Crippen molar-refractivity contribution in [3.05, 3.63) is 32.3 Å². The molecule has 0 aliphatic rings. The maximum Gasteiger partial charge on any atom is 0.471 e. The summed E-state index contributed by atoms with van der Waals surface area (Å²) in [6.07, 6.45) is -5.35. The van der Waals surface area contributed by atoms with Gasteiger partial charge in [-0.05, 0) is 15.9 Å². The Morgan fingerprint density at radius 3 is 2.32 bits per heavy atom. The standard InChI is InChI=1S/C8H2BrF5N2O3/c9-4-2(10)1-3(6(5(4)11)16(18)19)15-7(17)8(12,13)14/h1H,(H,15,17). The fraction of sp³-hybridized carbons (Fsp3) is 0.125. The lowest BCUT2D eigenvalue weighted by atomic mass is 10.2. The number of nitrogens with zero attached hydrogens (tertiary/aromatic N) is 1. The summed E-state index contributed by atoms with van der Waals surface area (Å²) in [5, 5.41) is 11.6. The van der Waals surface area contributed by atoms with Crippen LogP contribution < -0.4 is 5.32 Å². The summed E-state index contributed by atoms with van der Waals surface area (Å²) in [6.45, 7) is 0. The Balaban J connectivity index is 3.36. The third kappa shape index (κ3) is 3.16. The van der Waals surface area contributed by atoms with E-state index in [9.17, 15) is 36.9 Å². The molecule has 1 aromatic carbocycles. The van der Waals surface area contributed by atoms with Crippen LogP contribution in [0.3, 0.4) is 0 Å². The molecule has 0 atom stereocenters. The van der Waals surface area contributed by atoms with E-state index in [1.165, 1.54) is 0 Å². The molecule has 0 radical (unpaired) electrons. The van der Waals surface area contributed by atoms with Gasteiger partial charge in [0.2, 0.25) is 5.82 Å². The van der Waals surface area contributed by atoms with Crippen LogP contribution in [0, 0.1) is 21.7 Å². The Bertz CT molecular complexity index is 560. The Kier molecular flexibility index (Phi) is 4.08. The molecule has 0 heterocycles. The van der Waals surface area contributed by atoms with Crippen LogP contribution in [-0.4, -0.2) is 17.0 Å². The molecule has 1 N–H and O–H groups in total. The number of alkyl halides is 3. The number of rotatable bonds is 2. The minimum atomic E-state index is -5.35. The molecule has 0 aliphatic heterocycles. The molecule has 19 heavy (non-hydrogen) atoms. The van der Waals surface area contributed by atoms with Crippen LogP contribution in [0.15, 0.2) is 10.5 Å². The second-order valence-electron chi connectivity index (χ2n) is 3.09. The summed E-state index contributed by atoms with van der Waals surface area (Å²) in [7, 11) is 0. The average Bonchev–Trinajstić information content (AvgIpc) is 2.24. The van der Waals surface area contributed by atoms with Gasteiger partial charge in [0, 0.05) is 6.07 Å². The van der Waals surface area contributed by atoms with Crippen molar-refractivity contribution in [3.8, 4) is 0 Å². The van der Waals surface area contributed by atoms with Gasteiger partial charge in [0.15, 0.2) is 0 Å². The van der Waals surface area contributed by atoms with Crippen molar-refractivity contribution >= 4 is 33.2 Å². The SMILES string of the molecule is O=C(Nc1cc(F)c(Br)c(F)c1[N+](=O)[O-])C(F)(F)F. The molecule has 0 aromatic heterocycles. The van der Waals surface area contributed by atoms with E-state index in [2.05, 4.69) is 15.9 Å². The van der Waals surface area contributed by atoms with E-state index in [-0.39, 0.29) is 6.07 Å². The summed E-state index contributed by atoms with van der Waals surface area (Å²) in [5.41, 5.74) is -2.71. The third-order valence-corrected chi connectivity index (χ3v) is 2.55. The second kappa shape index (κ2) is 5.07. The largest absolute Gasteiger partial charge is 0.471 e. The lowest BCUT2D eigenvalue weighted by Crippen LogP contribution is -2.30. The number of nitrogens with one attached hydrogen (secondary N) is 1. The molecule has 11 heteroatoms. The number of halogens is 6. The van der Waals surface area contributed by atoms with Gasteiger partial charge in [-0.2, -0.15) is 17.6 Å². The minimum absolute atomic E-state index is 0.203. The smallest absolute Gasteiger partial charge is 0.312 e. The number of nitro groups is 1. The van der Waals surface area contributed by atoms with Gasteiger partial charge in [-0.1, -0.05) is 0 Å². The number of anilines is 1. The van der Waals surface area contributed by atoms with Crippen molar-refractivity contribution in [1.82, 2.24) is 0 Å². The highest BCUT2D eigenvalue weighted by atomic mass is 79.9. The summed E-state index contributed by atoms with van der Waals surface area (Å²) in [5.74, 6) is -5.72. The molecule has 1 rings (SSSR count). The molecule has 0 unspecified atom stereocenters. The summed E-state index contributed by atoms with van der Waals surface area (Å²) >= 11 is 2.35. The number of benzene rings is 1. The van der Waals surface area contributed by atoms with Crippen LogP contribution >= 0.6 is 15.9 Å². The molecule has 5 nitrogen and oxygen atoms in total. The summed E-state index contributed by atoms with van der Waals surface area (Å²) in [6, 6.07) is 0.203. The molecule has 0 bridgehead atoms. The number of hydrogen-bond donors (Lipinski definition) is 1. The molecule has 1 aromatic rings. The van der Waals surface area contributed by atoms with Crippen LogP contribution in [0.2, 0.25) is 0 Å². The summed E-state index contributed by atoms with van der Waals surface area (Å²) in [4.78, 5) is 19.7. The predicted molar refractivity (Wildman–Crippen MR) is 55.4 cm³/mol. The Labute approximate surface area is 109 Å². The Hall–Kier alpha value is -1.78. The van der Waals surface area contributed by atoms with Gasteiger partial charge in [0.1, 0.15) is 11.5 Å². The highest BCUT2D eigenvalue weighted by Gasteiger charge is 2.40. The van der Waals surface area contributed by atoms with Gasteiger partial charge in [0.25, 0.3) is 0 Å². The molecular formula is C8H2BrF5N2O3. The van der Waals surface area contributed by atoms with Gasteiger partial charge in [-0.25, -0.2) is 4.39 Å². The molecule has 0 saturated carbocycles. The van der Waals surface area contributed by atoms with Gasteiger partial charge in [0.05, 0.1) is 9.40 Å². The van der Waals surface area contributed by atoms with E-state index in [0.717, 1.165) is 5.32 Å². The molecule has 0 aliphatic carbocycles. The van der Waals surface area contributed by atoms with Gasteiger partial charge in [-0.3, -0.25) is 14.9 Å². The zero-order valence-electron chi connectivity index (χ0n) is 8.52. The average molecular weight is 349 g/mol. The number of nitro benzene ring substituents is 1. The van der Waals surface area contributed by atoms with Crippen LogP contribution in [0.5, 0.6) is 0 Å². The fourth-order valence-electron chi connectivity index (χ4n) is 1.05. The third-order valence-electron chi connectivity index (χ3n) is 1.82. The lowest BCUT2D eigenvalue weighted by molar-refractivity contribution is -0.386. The molecule has 104 valence electrons. The van der Waals surface area contributed by atoms with Gasteiger partial charge < -0.3 is 5.32 Å². The first-order chi connectivity index (χ1) is 8.55. The van der Waals surface area contributed by atoms with E-state index in [1.807, 2.05) is 0 Å². The van der Waals surface area contributed by atoms with Crippen LogP contribution in [0.1, 0.15) is 0 Å². The second-order valence-corrected chi connectivity index (χ2v) is 3.88. The number of carbonyl (C=O) groups is 1. The zero-order valence-corrected chi connectivity index (χ0v) is 10.1. The van der Waals surface area contributed by atoms with Gasteiger partial charge in [-0.15, -0.1) is 0 Å². The van der Waals surface area contributed by atoms with Crippen LogP contribution in [0.25, 0.3) is 0 Å². The Morgan fingerprint density at radius 2 is 1.89 bits per heavy atom. The van der Waals surface area contributed by atoms with Crippen molar-refractivity contribution < 1.29 is 31.7 Å². The highest BCUT2D eigenvalue weighted by molar-refractivity contribution is 9.10. The zero-order chi connectivity index (χ0) is 15.0. The van der Waals surface area contributed by atoms with E-state index in [1.54, 1.807) is 0 Å². The monoisotopic (exact) mass is 348 g/mol. The van der Waals surface area contributed by atoms with Crippen molar-refractivity contribution in [2.45, 2.75) is 6.18 Å². The number of carbonyl (C=O) groups excluding carboxylic acids is 1. The number of hydrogen-bond acceptors (Lipinski definition) is 3.